The Morgan fingerprint density at radius 1 is 0.947 bits per heavy atom. The normalized spacial score (nSPS) is 11.0. The van der Waals surface area contributed by atoms with E-state index in [1.54, 1.807) is 4.90 Å². The van der Waals surface area contributed by atoms with E-state index in [4.69, 9.17) is 15.3 Å². The predicted molar refractivity (Wildman–Crippen MR) is 74.5 cm³/mol. The van der Waals surface area contributed by atoms with Crippen LogP contribution in [0, 0.1) is 0 Å². The number of hydrogen-bond acceptors (Lipinski definition) is 4. The number of aliphatic hydroxyl groups excluding tert-OH is 2. The maximum atomic E-state index is 11.2. The van der Waals surface area contributed by atoms with Gasteiger partial charge in [0.2, 0.25) is 5.91 Å². The van der Waals surface area contributed by atoms with E-state index in [1.165, 1.54) is 6.92 Å². The van der Waals surface area contributed by atoms with Crippen molar-refractivity contribution in [2.75, 3.05) is 19.7 Å². The maximum Gasteiger partial charge on any atom is 0.219 e. The van der Waals surface area contributed by atoms with E-state index in [-0.39, 0.29) is 12.5 Å². The van der Waals surface area contributed by atoms with Gasteiger partial charge in [0.1, 0.15) is 0 Å². The van der Waals surface area contributed by atoms with Gasteiger partial charge in [0.05, 0.1) is 6.61 Å². The van der Waals surface area contributed by atoms with Crippen molar-refractivity contribution in [3.05, 3.63) is 0 Å². The molecular formula is C14H29NO4. The summed E-state index contributed by atoms with van der Waals surface area (Å²) in [5.74, 6) is 0.0246. The molecule has 0 rings (SSSR count). The van der Waals surface area contributed by atoms with Crippen molar-refractivity contribution in [1.29, 1.82) is 0 Å². The zero-order valence-corrected chi connectivity index (χ0v) is 12.1. The third-order valence-corrected chi connectivity index (χ3v) is 3.21. The second-order valence-corrected chi connectivity index (χ2v) is 4.97. The summed E-state index contributed by atoms with van der Waals surface area (Å²) >= 11 is 0. The molecule has 0 aromatic rings. The van der Waals surface area contributed by atoms with Gasteiger partial charge < -0.3 is 20.2 Å². The van der Waals surface area contributed by atoms with E-state index in [0.29, 0.717) is 13.0 Å². The highest BCUT2D eigenvalue weighted by molar-refractivity contribution is 5.73. The van der Waals surface area contributed by atoms with Gasteiger partial charge in [-0.1, -0.05) is 32.1 Å². The van der Waals surface area contributed by atoms with Crippen LogP contribution in [-0.2, 0) is 4.79 Å². The monoisotopic (exact) mass is 275 g/mol. The van der Waals surface area contributed by atoms with Crippen molar-refractivity contribution in [3.8, 4) is 0 Å². The Morgan fingerprint density at radius 2 is 1.47 bits per heavy atom. The van der Waals surface area contributed by atoms with Gasteiger partial charge in [0.25, 0.3) is 0 Å². The summed E-state index contributed by atoms with van der Waals surface area (Å²) in [5.41, 5.74) is 0. The molecule has 0 spiro atoms. The first-order valence-electron chi connectivity index (χ1n) is 7.30. The maximum absolute atomic E-state index is 11.2. The zero-order chi connectivity index (χ0) is 14.5. The van der Waals surface area contributed by atoms with E-state index in [9.17, 15) is 4.79 Å². The fourth-order valence-electron chi connectivity index (χ4n) is 2.06. The van der Waals surface area contributed by atoms with Crippen LogP contribution >= 0.6 is 0 Å². The molecule has 114 valence electrons. The van der Waals surface area contributed by atoms with Gasteiger partial charge in [-0.2, -0.15) is 0 Å². The van der Waals surface area contributed by atoms with Crippen molar-refractivity contribution >= 4 is 5.91 Å². The van der Waals surface area contributed by atoms with Crippen molar-refractivity contribution < 1.29 is 20.1 Å². The zero-order valence-electron chi connectivity index (χ0n) is 12.1. The Hall–Kier alpha value is -0.650. The lowest BCUT2D eigenvalue weighted by molar-refractivity contribution is -0.129. The number of hydrogen-bond donors (Lipinski definition) is 3. The van der Waals surface area contributed by atoms with Crippen molar-refractivity contribution in [2.45, 2.75) is 64.6 Å². The van der Waals surface area contributed by atoms with Gasteiger partial charge in [0, 0.05) is 20.0 Å². The molecular weight excluding hydrogens is 246 g/mol. The lowest BCUT2D eigenvalue weighted by atomic mass is 10.1. The highest BCUT2D eigenvalue weighted by Crippen LogP contribution is 2.09. The summed E-state index contributed by atoms with van der Waals surface area (Å²) in [6.07, 6.45) is 6.72. The fraction of sp³-hybridized carbons (Fsp3) is 0.929. The van der Waals surface area contributed by atoms with Crippen LogP contribution < -0.4 is 0 Å². The minimum absolute atomic E-state index is 0.0241. The second kappa shape index (κ2) is 12.4. The van der Waals surface area contributed by atoms with Crippen LogP contribution in [0.3, 0.4) is 0 Å². The summed E-state index contributed by atoms with van der Waals surface area (Å²) in [6.45, 7) is 2.72. The van der Waals surface area contributed by atoms with E-state index in [0.717, 1.165) is 51.5 Å². The summed E-state index contributed by atoms with van der Waals surface area (Å²) in [6, 6.07) is 0. The third kappa shape index (κ3) is 12.1. The first kappa shape index (κ1) is 18.4. The van der Waals surface area contributed by atoms with E-state index >= 15 is 0 Å². The van der Waals surface area contributed by atoms with Crippen molar-refractivity contribution in [3.63, 3.8) is 0 Å². The molecule has 0 aliphatic heterocycles. The minimum atomic E-state index is -1.16. The summed E-state index contributed by atoms with van der Waals surface area (Å²) in [7, 11) is 0. The van der Waals surface area contributed by atoms with Gasteiger partial charge in [-0.25, -0.2) is 0 Å². The van der Waals surface area contributed by atoms with Gasteiger partial charge >= 0.3 is 0 Å². The van der Waals surface area contributed by atoms with Gasteiger partial charge in [0.15, 0.2) is 6.29 Å². The standard InChI is InChI=1S/C14H29NO4/c1-13(17)15(11-12-16)10-8-6-4-2-3-5-7-9-14(18)19/h14,16,18-19H,2-12H2,1H3. The molecule has 1 amide bonds. The fourth-order valence-corrected chi connectivity index (χ4v) is 2.06. The Morgan fingerprint density at radius 3 is 1.95 bits per heavy atom. The molecule has 0 aromatic heterocycles. The molecule has 0 fully saturated rings. The average molecular weight is 275 g/mol. The quantitative estimate of drug-likeness (QED) is 0.370. The highest BCUT2D eigenvalue weighted by Gasteiger charge is 2.06. The highest BCUT2D eigenvalue weighted by atomic mass is 16.5. The lowest BCUT2D eigenvalue weighted by Crippen LogP contribution is -2.32. The Kier molecular flexibility index (Phi) is 12.0. The Balaban J connectivity index is 3.32. The predicted octanol–water partition coefficient (Wildman–Crippen LogP) is 1.26. The molecule has 5 nitrogen and oxygen atoms in total. The molecule has 0 unspecified atom stereocenters. The van der Waals surface area contributed by atoms with Crippen LogP contribution in [0.5, 0.6) is 0 Å². The summed E-state index contributed by atoms with van der Waals surface area (Å²) in [5, 5.41) is 26.2. The van der Waals surface area contributed by atoms with E-state index in [2.05, 4.69) is 0 Å². The molecule has 0 radical (unpaired) electrons. The van der Waals surface area contributed by atoms with E-state index in [1.807, 2.05) is 0 Å². The lowest BCUT2D eigenvalue weighted by Gasteiger charge is -2.19. The SMILES string of the molecule is CC(=O)N(CCO)CCCCCCCCCC(O)O. The van der Waals surface area contributed by atoms with E-state index < -0.39 is 6.29 Å². The molecule has 0 atom stereocenters. The largest absolute Gasteiger partial charge is 0.395 e. The average Bonchev–Trinajstić information content (AvgIpc) is 2.34. The number of unbranched alkanes of at least 4 members (excludes halogenated alkanes) is 6. The first-order valence-corrected chi connectivity index (χ1v) is 7.30. The van der Waals surface area contributed by atoms with Crippen LogP contribution in [0.25, 0.3) is 0 Å². The molecule has 19 heavy (non-hydrogen) atoms. The van der Waals surface area contributed by atoms with Crippen LogP contribution in [0.15, 0.2) is 0 Å². The molecule has 3 N–H and O–H groups in total. The number of amides is 1. The van der Waals surface area contributed by atoms with Crippen LogP contribution in [0.1, 0.15) is 58.3 Å². The van der Waals surface area contributed by atoms with Crippen molar-refractivity contribution in [2.24, 2.45) is 0 Å². The smallest absolute Gasteiger partial charge is 0.219 e. The van der Waals surface area contributed by atoms with Gasteiger partial charge in [-0.15, -0.1) is 0 Å². The number of aliphatic hydroxyl groups is 3. The van der Waals surface area contributed by atoms with Gasteiger partial charge in [-0.05, 0) is 19.3 Å². The third-order valence-electron chi connectivity index (χ3n) is 3.21. The molecule has 0 heterocycles. The number of carbonyl (C=O) groups is 1. The first-order chi connectivity index (χ1) is 9.07. The van der Waals surface area contributed by atoms with Crippen LogP contribution in [0.4, 0.5) is 0 Å². The minimum Gasteiger partial charge on any atom is -0.395 e. The molecule has 0 aromatic carbocycles. The molecule has 0 saturated carbocycles. The summed E-state index contributed by atoms with van der Waals surface area (Å²) < 4.78 is 0. The molecule has 5 heteroatoms. The number of rotatable bonds is 12. The second-order valence-electron chi connectivity index (χ2n) is 4.97. The Labute approximate surface area is 116 Å². The molecule has 0 aliphatic rings. The van der Waals surface area contributed by atoms with Crippen LogP contribution in [0.2, 0.25) is 0 Å². The molecule has 0 saturated heterocycles. The van der Waals surface area contributed by atoms with Gasteiger partial charge in [-0.3, -0.25) is 4.79 Å². The molecule has 0 bridgehead atoms. The summed E-state index contributed by atoms with van der Waals surface area (Å²) in [4.78, 5) is 12.9. The van der Waals surface area contributed by atoms with Crippen molar-refractivity contribution in [1.82, 2.24) is 4.90 Å². The Bertz CT molecular complexity index is 221. The topological polar surface area (TPSA) is 81.0 Å². The molecule has 0 aliphatic carbocycles. The number of carbonyl (C=O) groups excluding carboxylic acids is 1. The van der Waals surface area contributed by atoms with Crippen LogP contribution in [-0.4, -0.2) is 52.1 Å². The number of nitrogens with zero attached hydrogens (tertiary/aromatic N) is 1.